The summed E-state index contributed by atoms with van der Waals surface area (Å²) in [6.07, 6.45) is 1.53. The van der Waals surface area contributed by atoms with Crippen LogP contribution in [0.4, 0.5) is 5.69 Å². The summed E-state index contributed by atoms with van der Waals surface area (Å²) >= 11 is 12.1. The molecule has 0 spiro atoms. The minimum atomic E-state index is -4.02. The molecule has 10 heteroatoms. The molecular formula is C27H24Cl2N4O3S. The van der Waals surface area contributed by atoms with Crippen LogP contribution in [-0.4, -0.2) is 31.7 Å². The maximum atomic E-state index is 13.4. The Bertz CT molecular complexity index is 1550. The van der Waals surface area contributed by atoms with Gasteiger partial charge >= 0.3 is 0 Å². The van der Waals surface area contributed by atoms with Gasteiger partial charge in [-0.3, -0.25) is 9.10 Å². The minimum absolute atomic E-state index is 0.0645. The first-order valence-electron chi connectivity index (χ1n) is 11.3. The molecule has 0 saturated carbocycles. The molecule has 37 heavy (non-hydrogen) atoms. The highest BCUT2D eigenvalue weighted by molar-refractivity contribution is 7.92. The van der Waals surface area contributed by atoms with Crippen LogP contribution in [-0.2, 0) is 14.8 Å². The van der Waals surface area contributed by atoms with E-state index in [1.54, 1.807) is 42.5 Å². The van der Waals surface area contributed by atoms with Crippen molar-refractivity contribution in [2.75, 3.05) is 10.8 Å². The number of nitrogens with one attached hydrogen (secondary N) is 1. The summed E-state index contributed by atoms with van der Waals surface area (Å²) in [7, 11) is -4.02. The molecule has 0 aliphatic carbocycles. The number of hydrogen-bond donors (Lipinski definition) is 1. The second-order valence-corrected chi connectivity index (χ2v) is 11.0. The zero-order chi connectivity index (χ0) is 26.6. The van der Waals surface area contributed by atoms with Crippen molar-refractivity contribution in [2.45, 2.75) is 18.7 Å². The van der Waals surface area contributed by atoms with E-state index < -0.39 is 22.5 Å². The SMILES string of the molecule is Cc1cc(/C=N/NC(=O)CN(c2ccc(Cl)cc2)S(=O)(=O)c2ccccc2)c(C)n1-c1cccc(Cl)c1. The van der Waals surface area contributed by atoms with Gasteiger partial charge in [0.15, 0.2) is 0 Å². The predicted molar refractivity (Wildman–Crippen MR) is 148 cm³/mol. The molecule has 0 fully saturated rings. The molecule has 0 aliphatic rings. The third-order valence-electron chi connectivity index (χ3n) is 5.66. The maximum Gasteiger partial charge on any atom is 0.264 e. The first kappa shape index (κ1) is 26.5. The highest BCUT2D eigenvalue weighted by Gasteiger charge is 2.27. The van der Waals surface area contributed by atoms with E-state index in [2.05, 4.69) is 10.5 Å². The van der Waals surface area contributed by atoms with Crippen LogP contribution in [0.15, 0.2) is 94.9 Å². The molecule has 1 heterocycles. The highest BCUT2D eigenvalue weighted by Crippen LogP contribution is 2.25. The lowest BCUT2D eigenvalue weighted by atomic mass is 10.2. The van der Waals surface area contributed by atoms with Crippen LogP contribution >= 0.6 is 23.2 Å². The first-order valence-corrected chi connectivity index (χ1v) is 13.5. The van der Waals surface area contributed by atoms with Gasteiger partial charge < -0.3 is 4.57 Å². The fourth-order valence-electron chi connectivity index (χ4n) is 3.91. The Morgan fingerprint density at radius 1 is 0.946 bits per heavy atom. The number of hydrazone groups is 1. The van der Waals surface area contributed by atoms with Gasteiger partial charge in [-0.2, -0.15) is 5.10 Å². The number of rotatable bonds is 8. The summed E-state index contributed by atoms with van der Waals surface area (Å²) in [5.74, 6) is -0.602. The average molecular weight is 555 g/mol. The molecule has 3 aromatic carbocycles. The van der Waals surface area contributed by atoms with Crippen molar-refractivity contribution in [1.82, 2.24) is 9.99 Å². The topological polar surface area (TPSA) is 83.8 Å². The third-order valence-corrected chi connectivity index (χ3v) is 7.94. The minimum Gasteiger partial charge on any atom is -0.318 e. The van der Waals surface area contributed by atoms with E-state index in [4.69, 9.17) is 23.2 Å². The lowest BCUT2D eigenvalue weighted by Gasteiger charge is -2.23. The number of aryl methyl sites for hydroxylation is 1. The standard InChI is InChI=1S/C27H24Cl2N4O3S/c1-19-15-21(20(2)33(19)25-8-6-7-23(29)16-25)17-30-31-27(34)18-32(24-13-11-22(28)12-14-24)37(35,36)26-9-4-3-5-10-26/h3-17H,18H2,1-2H3,(H,31,34)/b30-17+. The molecule has 1 N–H and O–H groups in total. The quantitative estimate of drug-likeness (QED) is 0.222. The monoisotopic (exact) mass is 554 g/mol. The molecule has 4 aromatic rings. The van der Waals surface area contributed by atoms with Gasteiger partial charge in [-0.05, 0) is 74.5 Å². The van der Waals surface area contributed by atoms with Crippen molar-refractivity contribution < 1.29 is 13.2 Å². The summed E-state index contributed by atoms with van der Waals surface area (Å²) in [5.41, 5.74) is 6.33. The highest BCUT2D eigenvalue weighted by atomic mass is 35.5. The van der Waals surface area contributed by atoms with Gasteiger partial charge in [0.1, 0.15) is 6.54 Å². The van der Waals surface area contributed by atoms with Crippen molar-refractivity contribution in [1.29, 1.82) is 0 Å². The number of nitrogens with zero attached hydrogens (tertiary/aromatic N) is 3. The van der Waals surface area contributed by atoms with Crippen molar-refractivity contribution in [3.8, 4) is 5.69 Å². The second kappa shape index (κ2) is 11.2. The molecule has 1 aromatic heterocycles. The third kappa shape index (κ3) is 6.05. The molecule has 0 bridgehead atoms. The largest absolute Gasteiger partial charge is 0.318 e. The molecule has 190 valence electrons. The molecule has 7 nitrogen and oxygen atoms in total. The van der Waals surface area contributed by atoms with Crippen molar-refractivity contribution >= 4 is 51.0 Å². The molecule has 0 radical (unpaired) electrons. The van der Waals surface area contributed by atoms with Gasteiger partial charge in [-0.1, -0.05) is 47.5 Å². The number of aromatic nitrogens is 1. The van der Waals surface area contributed by atoms with Gasteiger partial charge in [-0.25, -0.2) is 13.8 Å². The Labute approximate surface area is 226 Å². The predicted octanol–water partition coefficient (Wildman–Crippen LogP) is 5.75. The fourth-order valence-corrected chi connectivity index (χ4v) is 5.67. The fraction of sp³-hybridized carbons (Fsp3) is 0.111. The number of amides is 1. The van der Waals surface area contributed by atoms with Gasteiger partial charge in [-0.15, -0.1) is 0 Å². The second-order valence-electron chi connectivity index (χ2n) is 8.24. The van der Waals surface area contributed by atoms with E-state index in [0.29, 0.717) is 15.7 Å². The molecule has 4 rings (SSSR count). The van der Waals surface area contributed by atoms with Crippen LogP contribution in [0.2, 0.25) is 10.0 Å². The van der Waals surface area contributed by atoms with Crippen LogP contribution in [0.25, 0.3) is 5.69 Å². The molecular weight excluding hydrogens is 531 g/mol. The maximum absolute atomic E-state index is 13.4. The summed E-state index contributed by atoms with van der Waals surface area (Å²) in [6, 6.07) is 23.6. The number of anilines is 1. The number of benzene rings is 3. The number of hydrogen-bond acceptors (Lipinski definition) is 4. The van der Waals surface area contributed by atoms with Crippen molar-refractivity contribution in [3.63, 3.8) is 0 Å². The average Bonchev–Trinajstić information content (AvgIpc) is 3.16. The summed E-state index contributed by atoms with van der Waals surface area (Å²) in [4.78, 5) is 12.9. The van der Waals surface area contributed by atoms with Crippen LogP contribution in [0, 0.1) is 13.8 Å². The van der Waals surface area contributed by atoms with E-state index >= 15 is 0 Å². The zero-order valence-electron chi connectivity index (χ0n) is 20.1. The zero-order valence-corrected chi connectivity index (χ0v) is 22.4. The van der Waals surface area contributed by atoms with Crippen LogP contribution < -0.4 is 9.73 Å². The van der Waals surface area contributed by atoms with Crippen molar-refractivity contribution in [2.24, 2.45) is 5.10 Å². The van der Waals surface area contributed by atoms with Gasteiger partial charge in [0.2, 0.25) is 0 Å². The number of carbonyl (C=O) groups excluding carboxylic acids is 1. The lowest BCUT2D eigenvalue weighted by Crippen LogP contribution is -2.39. The van der Waals surface area contributed by atoms with Gasteiger partial charge in [0.05, 0.1) is 16.8 Å². The van der Waals surface area contributed by atoms with Gasteiger partial charge in [0, 0.05) is 32.7 Å². The van der Waals surface area contributed by atoms with E-state index in [1.165, 1.54) is 18.3 Å². The van der Waals surface area contributed by atoms with Crippen molar-refractivity contribution in [3.05, 3.63) is 112 Å². The molecule has 1 amide bonds. The molecule has 0 atom stereocenters. The van der Waals surface area contributed by atoms with E-state index in [1.807, 2.05) is 48.7 Å². The Kier molecular flexibility index (Phi) is 8.02. The Balaban J connectivity index is 1.54. The summed E-state index contributed by atoms with van der Waals surface area (Å²) in [6.45, 7) is 3.42. The Morgan fingerprint density at radius 2 is 1.65 bits per heavy atom. The van der Waals surface area contributed by atoms with Crippen LogP contribution in [0.3, 0.4) is 0 Å². The van der Waals surface area contributed by atoms with Crippen LogP contribution in [0.5, 0.6) is 0 Å². The summed E-state index contributed by atoms with van der Waals surface area (Å²) < 4.78 is 29.8. The Hall–Kier alpha value is -3.59. The smallest absolute Gasteiger partial charge is 0.264 e. The number of halogens is 2. The molecule has 0 aliphatic heterocycles. The van der Waals surface area contributed by atoms with Crippen LogP contribution in [0.1, 0.15) is 17.0 Å². The Morgan fingerprint density at radius 3 is 2.32 bits per heavy atom. The van der Waals surface area contributed by atoms with E-state index in [9.17, 15) is 13.2 Å². The van der Waals surface area contributed by atoms with E-state index in [-0.39, 0.29) is 4.90 Å². The first-order chi connectivity index (χ1) is 17.7. The van der Waals surface area contributed by atoms with Gasteiger partial charge in [0.25, 0.3) is 15.9 Å². The normalized spacial score (nSPS) is 11.6. The van der Waals surface area contributed by atoms with E-state index in [0.717, 1.165) is 26.9 Å². The molecule has 0 saturated heterocycles. The lowest BCUT2D eigenvalue weighted by molar-refractivity contribution is -0.119. The number of sulfonamides is 1. The summed E-state index contributed by atoms with van der Waals surface area (Å²) in [5, 5.41) is 5.15. The number of carbonyl (C=O) groups is 1. The molecule has 0 unspecified atom stereocenters.